The molecule has 102 valence electrons. The maximum Gasteiger partial charge on any atom is 0.245 e. The predicted octanol–water partition coefficient (Wildman–Crippen LogP) is 1.65. The quantitative estimate of drug-likeness (QED) is 0.909. The van der Waals surface area contributed by atoms with E-state index in [1.165, 1.54) is 0 Å². The first-order valence-corrected chi connectivity index (χ1v) is 6.84. The van der Waals surface area contributed by atoms with Gasteiger partial charge in [0.2, 0.25) is 5.91 Å². The lowest BCUT2D eigenvalue weighted by Crippen LogP contribution is -2.32. The average molecular weight is 326 g/mol. The fourth-order valence-electron chi connectivity index (χ4n) is 1.85. The molecule has 0 aliphatic rings. The highest BCUT2D eigenvalue weighted by Crippen LogP contribution is 2.15. The molecule has 0 saturated carbocycles. The number of aryl methyl sites for hydroxylation is 1. The van der Waals surface area contributed by atoms with E-state index >= 15 is 0 Å². The van der Waals surface area contributed by atoms with E-state index in [1.54, 1.807) is 28.0 Å². The van der Waals surface area contributed by atoms with Gasteiger partial charge >= 0.3 is 0 Å². The van der Waals surface area contributed by atoms with Gasteiger partial charge in [-0.3, -0.25) is 14.2 Å². The van der Waals surface area contributed by atoms with Gasteiger partial charge in [-0.2, -0.15) is 10.2 Å². The highest BCUT2D eigenvalue weighted by molar-refractivity contribution is 9.10. The normalized spacial score (nSPS) is 12.4. The Bertz CT molecular complexity index is 562. The SMILES string of the molecule is CCC(C(=O)NCc1cnn(C)c1)n1cc(Br)cn1. The van der Waals surface area contributed by atoms with Crippen LogP contribution >= 0.6 is 15.9 Å². The highest BCUT2D eigenvalue weighted by Gasteiger charge is 2.18. The fourth-order valence-corrected chi connectivity index (χ4v) is 2.15. The van der Waals surface area contributed by atoms with E-state index in [4.69, 9.17) is 0 Å². The number of rotatable bonds is 5. The maximum absolute atomic E-state index is 12.1. The number of aromatic nitrogens is 4. The molecule has 0 aliphatic carbocycles. The van der Waals surface area contributed by atoms with Crippen LogP contribution in [0.25, 0.3) is 0 Å². The molecule has 1 N–H and O–H groups in total. The van der Waals surface area contributed by atoms with Crippen molar-refractivity contribution in [3.05, 3.63) is 34.8 Å². The van der Waals surface area contributed by atoms with Gasteiger partial charge in [0.1, 0.15) is 6.04 Å². The second kappa shape index (κ2) is 6.01. The molecule has 2 rings (SSSR count). The van der Waals surface area contributed by atoms with Gasteiger partial charge in [0.05, 0.1) is 16.9 Å². The molecule has 6 nitrogen and oxygen atoms in total. The number of nitrogens with zero attached hydrogens (tertiary/aromatic N) is 4. The summed E-state index contributed by atoms with van der Waals surface area (Å²) in [7, 11) is 1.85. The summed E-state index contributed by atoms with van der Waals surface area (Å²) in [5.74, 6) is -0.0399. The minimum absolute atomic E-state index is 0.0399. The summed E-state index contributed by atoms with van der Waals surface area (Å²) in [4.78, 5) is 12.1. The van der Waals surface area contributed by atoms with E-state index in [9.17, 15) is 4.79 Å². The molecular weight excluding hydrogens is 310 g/mol. The van der Waals surface area contributed by atoms with Crippen LogP contribution in [0.5, 0.6) is 0 Å². The maximum atomic E-state index is 12.1. The van der Waals surface area contributed by atoms with Crippen LogP contribution in [0.2, 0.25) is 0 Å². The Morgan fingerprint density at radius 2 is 2.21 bits per heavy atom. The zero-order valence-electron chi connectivity index (χ0n) is 10.9. The third kappa shape index (κ3) is 3.44. The summed E-state index contributed by atoms with van der Waals surface area (Å²) in [6.07, 6.45) is 7.79. The van der Waals surface area contributed by atoms with E-state index in [1.807, 2.05) is 20.2 Å². The van der Waals surface area contributed by atoms with Crippen molar-refractivity contribution in [2.75, 3.05) is 0 Å². The first-order valence-electron chi connectivity index (χ1n) is 6.05. The van der Waals surface area contributed by atoms with Crippen molar-refractivity contribution in [1.82, 2.24) is 24.9 Å². The summed E-state index contributed by atoms with van der Waals surface area (Å²) in [6, 6.07) is -0.289. The van der Waals surface area contributed by atoms with E-state index < -0.39 is 0 Å². The van der Waals surface area contributed by atoms with Gasteiger partial charge < -0.3 is 5.32 Å². The van der Waals surface area contributed by atoms with Crippen molar-refractivity contribution in [3.8, 4) is 0 Å². The van der Waals surface area contributed by atoms with Crippen LogP contribution in [0.3, 0.4) is 0 Å². The van der Waals surface area contributed by atoms with Crippen LogP contribution in [0, 0.1) is 0 Å². The van der Waals surface area contributed by atoms with Crippen LogP contribution in [-0.2, 0) is 18.4 Å². The first kappa shape index (κ1) is 13.8. The molecule has 0 aliphatic heterocycles. The third-order valence-corrected chi connectivity index (χ3v) is 3.21. The molecule has 0 aromatic carbocycles. The van der Waals surface area contributed by atoms with Crippen molar-refractivity contribution in [3.63, 3.8) is 0 Å². The number of hydrogen-bond acceptors (Lipinski definition) is 3. The van der Waals surface area contributed by atoms with E-state index in [0.29, 0.717) is 13.0 Å². The number of carbonyl (C=O) groups is 1. The van der Waals surface area contributed by atoms with Gasteiger partial charge in [-0.05, 0) is 22.4 Å². The summed E-state index contributed by atoms with van der Waals surface area (Å²) in [6.45, 7) is 2.44. The Kier molecular flexibility index (Phi) is 4.36. The molecule has 2 aromatic heterocycles. The molecule has 0 saturated heterocycles. The highest BCUT2D eigenvalue weighted by atomic mass is 79.9. The van der Waals surface area contributed by atoms with Crippen LogP contribution in [0.4, 0.5) is 0 Å². The molecule has 1 atom stereocenters. The summed E-state index contributed by atoms with van der Waals surface area (Å²) < 4.78 is 4.25. The molecule has 2 heterocycles. The van der Waals surface area contributed by atoms with Gasteiger partial charge in [-0.1, -0.05) is 6.92 Å². The summed E-state index contributed by atoms with van der Waals surface area (Å²) in [5, 5.41) is 11.1. The van der Waals surface area contributed by atoms with Crippen LogP contribution < -0.4 is 5.32 Å². The van der Waals surface area contributed by atoms with Crippen LogP contribution in [-0.4, -0.2) is 25.5 Å². The second-order valence-electron chi connectivity index (χ2n) is 4.30. The fraction of sp³-hybridized carbons (Fsp3) is 0.417. The minimum Gasteiger partial charge on any atom is -0.350 e. The molecular formula is C12H16BrN5O. The van der Waals surface area contributed by atoms with Crippen LogP contribution in [0.15, 0.2) is 29.3 Å². The average Bonchev–Trinajstić information content (AvgIpc) is 2.97. The van der Waals surface area contributed by atoms with E-state index in [0.717, 1.165) is 10.0 Å². The van der Waals surface area contributed by atoms with Crippen molar-refractivity contribution in [2.24, 2.45) is 7.05 Å². The smallest absolute Gasteiger partial charge is 0.245 e. The number of amides is 1. The van der Waals surface area contributed by atoms with Gasteiger partial charge in [0.15, 0.2) is 0 Å². The molecule has 1 amide bonds. The lowest BCUT2D eigenvalue weighted by Gasteiger charge is -2.15. The molecule has 0 spiro atoms. The minimum atomic E-state index is -0.289. The molecule has 1 unspecified atom stereocenters. The molecule has 0 fully saturated rings. The van der Waals surface area contributed by atoms with Crippen molar-refractivity contribution in [1.29, 1.82) is 0 Å². The van der Waals surface area contributed by atoms with Crippen molar-refractivity contribution < 1.29 is 4.79 Å². The lowest BCUT2D eigenvalue weighted by molar-refractivity contribution is -0.124. The Morgan fingerprint density at radius 1 is 1.42 bits per heavy atom. The first-order chi connectivity index (χ1) is 9.10. The zero-order valence-corrected chi connectivity index (χ0v) is 12.5. The second-order valence-corrected chi connectivity index (χ2v) is 5.22. The number of carbonyl (C=O) groups excluding carboxylic acids is 1. The van der Waals surface area contributed by atoms with Crippen LogP contribution in [0.1, 0.15) is 24.9 Å². The van der Waals surface area contributed by atoms with Gasteiger partial charge in [0.25, 0.3) is 0 Å². The number of hydrogen-bond donors (Lipinski definition) is 1. The van der Waals surface area contributed by atoms with Gasteiger partial charge in [-0.15, -0.1) is 0 Å². The lowest BCUT2D eigenvalue weighted by atomic mass is 10.2. The molecule has 7 heteroatoms. The van der Waals surface area contributed by atoms with Gasteiger partial charge in [-0.25, -0.2) is 0 Å². The van der Waals surface area contributed by atoms with Crippen molar-refractivity contribution >= 4 is 21.8 Å². The third-order valence-electron chi connectivity index (χ3n) is 2.80. The van der Waals surface area contributed by atoms with E-state index in [2.05, 4.69) is 31.4 Å². The van der Waals surface area contributed by atoms with Crippen molar-refractivity contribution in [2.45, 2.75) is 25.9 Å². The Balaban J connectivity index is 1.97. The monoisotopic (exact) mass is 325 g/mol. The van der Waals surface area contributed by atoms with Gasteiger partial charge in [0, 0.05) is 31.5 Å². The molecule has 2 aromatic rings. The van der Waals surface area contributed by atoms with E-state index in [-0.39, 0.29) is 11.9 Å². The Labute approximate surface area is 119 Å². The Morgan fingerprint density at radius 3 is 2.74 bits per heavy atom. The zero-order chi connectivity index (χ0) is 13.8. The predicted molar refractivity (Wildman–Crippen MR) is 74.3 cm³/mol. The largest absolute Gasteiger partial charge is 0.350 e. The Hall–Kier alpha value is -1.63. The molecule has 0 radical (unpaired) electrons. The topological polar surface area (TPSA) is 64.7 Å². The number of nitrogens with one attached hydrogen (secondary N) is 1. The summed E-state index contributed by atoms with van der Waals surface area (Å²) in [5.41, 5.74) is 0.979. The summed E-state index contributed by atoms with van der Waals surface area (Å²) >= 11 is 3.33. The molecule has 0 bridgehead atoms. The number of halogens is 1. The molecule has 19 heavy (non-hydrogen) atoms. The standard InChI is InChI=1S/C12H16BrN5O/c1-3-11(18-8-10(13)6-16-18)12(19)14-4-9-5-15-17(2)7-9/h5-8,11H,3-4H2,1-2H3,(H,14,19).